The van der Waals surface area contributed by atoms with Crippen molar-refractivity contribution in [2.24, 2.45) is 5.92 Å². The second-order valence-electron chi connectivity index (χ2n) is 14.3. The van der Waals surface area contributed by atoms with E-state index in [2.05, 4.69) is 31.4 Å². The highest BCUT2D eigenvalue weighted by Crippen LogP contribution is 2.43. The quantitative estimate of drug-likeness (QED) is 0.0156. The predicted octanol–water partition coefficient (Wildman–Crippen LogP) is 9.38. The Hall–Kier alpha value is -2.11. The molecular weight excluding hydrogens is 711 g/mol. The van der Waals surface area contributed by atoms with Crippen molar-refractivity contribution in [1.82, 2.24) is 0 Å². The molecule has 54 heavy (non-hydrogen) atoms. The summed E-state index contributed by atoms with van der Waals surface area (Å²) in [6.45, 7) is 4.48. The Bertz CT molecular complexity index is 1070. The Morgan fingerprint density at radius 2 is 1.30 bits per heavy atom. The number of ether oxygens (including phenoxy) is 2. The maximum absolute atomic E-state index is 12.6. The van der Waals surface area contributed by atoms with Crippen LogP contribution in [0.2, 0.25) is 0 Å². The Kier molecular flexibility index (Phi) is 35.1. The number of hydrogen-bond acceptors (Lipinski definition) is 10. The van der Waals surface area contributed by atoms with E-state index in [1.807, 2.05) is 36.5 Å². The topological polar surface area (TPSA) is 169 Å². The Labute approximate surface area is 326 Å². The fourth-order valence-electron chi connectivity index (χ4n) is 5.25. The van der Waals surface area contributed by atoms with Crippen LogP contribution in [0.25, 0.3) is 0 Å². The van der Waals surface area contributed by atoms with Crippen molar-refractivity contribution in [2.45, 2.75) is 174 Å². The second kappa shape index (κ2) is 36.5. The molecule has 0 aromatic carbocycles. The van der Waals surface area contributed by atoms with E-state index in [1.165, 1.54) is 64.2 Å². The van der Waals surface area contributed by atoms with Gasteiger partial charge >= 0.3 is 19.8 Å². The number of rotatable bonds is 37. The number of unbranched alkanes of at least 4 members (excludes halogenated alkanes) is 13. The van der Waals surface area contributed by atoms with Gasteiger partial charge in [-0.05, 0) is 50.9 Å². The van der Waals surface area contributed by atoms with Gasteiger partial charge in [0, 0.05) is 12.8 Å². The molecule has 0 bridgehead atoms. The number of allylic oxidation sites excluding steroid dienone is 6. The van der Waals surface area contributed by atoms with Gasteiger partial charge in [0.25, 0.3) is 0 Å². The summed E-state index contributed by atoms with van der Waals surface area (Å²) in [5.41, 5.74) is 0. The molecule has 314 valence electrons. The Balaban J connectivity index is 4.51. The lowest BCUT2D eigenvalue weighted by molar-refractivity contribution is -0.161. The van der Waals surface area contributed by atoms with Gasteiger partial charge in [0.1, 0.15) is 12.7 Å². The lowest BCUT2D eigenvalue weighted by Crippen LogP contribution is -2.29. The minimum atomic E-state index is -4.64. The smallest absolute Gasteiger partial charge is 0.462 e. The SMILES string of the molecule is CCCCC/C=C\C[C@H](O)/C=C/C=C\C/C=C\CCCC(=O)O[C@H](COC(=O)CCCCCCCCCCCCC(C)C)COP(=O)(O)OC[C@@H](O)CO. The second-order valence-corrected chi connectivity index (χ2v) is 15.8. The van der Waals surface area contributed by atoms with Crippen LogP contribution in [0.15, 0.2) is 48.6 Å². The maximum Gasteiger partial charge on any atom is 0.472 e. The van der Waals surface area contributed by atoms with Crippen molar-refractivity contribution in [2.75, 3.05) is 26.4 Å². The molecule has 0 aromatic rings. The van der Waals surface area contributed by atoms with Crippen molar-refractivity contribution >= 4 is 19.8 Å². The van der Waals surface area contributed by atoms with Crippen molar-refractivity contribution in [3.05, 3.63) is 48.6 Å². The van der Waals surface area contributed by atoms with Gasteiger partial charge in [-0.2, -0.15) is 0 Å². The van der Waals surface area contributed by atoms with Crippen molar-refractivity contribution in [3.8, 4) is 0 Å². The molecule has 0 radical (unpaired) electrons. The zero-order chi connectivity index (χ0) is 40.1. The third kappa shape index (κ3) is 36.8. The third-order valence-corrected chi connectivity index (χ3v) is 9.45. The molecule has 12 heteroatoms. The lowest BCUT2D eigenvalue weighted by atomic mass is 10.0. The molecule has 0 aliphatic rings. The van der Waals surface area contributed by atoms with Crippen molar-refractivity contribution in [1.29, 1.82) is 0 Å². The van der Waals surface area contributed by atoms with Gasteiger partial charge in [-0.1, -0.05) is 146 Å². The number of phosphoric ester groups is 1. The minimum Gasteiger partial charge on any atom is -0.462 e. The molecule has 4 atom stereocenters. The molecule has 0 aliphatic carbocycles. The molecule has 1 unspecified atom stereocenters. The summed E-state index contributed by atoms with van der Waals surface area (Å²) in [6, 6.07) is 0. The first-order chi connectivity index (χ1) is 26.0. The summed E-state index contributed by atoms with van der Waals surface area (Å²) in [7, 11) is -4.64. The van der Waals surface area contributed by atoms with Gasteiger partial charge < -0.3 is 29.7 Å². The summed E-state index contributed by atoms with van der Waals surface area (Å²) in [5, 5.41) is 28.3. The van der Waals surface area contributed by atoms with E-state index in [9.17, 15) is 29.3 Å². The monoisotopic (exact) mass is 787 g/mol. The minimum absolute atomic E-state index is 0.0758. The van der Waals surface area contributed by atoms with E-state index in [-0.39, 0.29) is 19.4 Å². The van der Waals surface area contributed by atoms with Crippen LogP contribution < -0.4 is 0 Å². The van der Waals surface area contributed by atoms with E-state index in [0.717, 1.165) is 31.6 Å². The van der Waals surface area contributed by atoms with Gasteiger partial charge in [0.2, 0.25) is 0 Å². The number of aliphatic hydroxyl groups is 3. The predicted molar refractivity (Wildman–Crippen MR) is 216 cm³/mol. The molecule has 0 amide bonds. The van der Waals surface area contributed by atoms with Gasteiger partial charge in [-0.25, -0.2) is 4.57 Å². The molecule has 0 saturated carbocycles. The molecule has 0 spiro atoms. The highest BCUT2D eigenvalue weighted by molar-refractivity contribution is 7.47. The summed E-state index contributed by atoms with van der Waals surface area (Å²) < 4.78 is 32.5. The third-order valence-electron chi connectivity index (χ3n) is 8.49. The molecule has 0 aliphatic heterocycles. The van der Waals surface area contributed by atoms with Crippen LogP contribution in [-0.4, -0.2) is 76.9 Å². The number of esters is 2. The average Bonchev–Trinajstić information content (AvgIpc) is 3.14. The molecule has 0 rings (SSSR count). The van der Waals surface area contributed by atoms with Crippen molar-refractivity contribution in [3.63, 3.8) is 0 Å². The average molecular weight is 787 g/mol. The van der Waals surface area contributed by atoms with E-state index >= 15 is 0 Å². The van der Waals surface area contributed by atoms with Crippen LogP contribution in [0.1, 0.15) is 156 Å². The van der Waals surface area contributed by atoms with E-state index in [1.54, 1.807) is 6.08 Å². The van der Waals surface area contributed by atoms with Gasteiger partial charge in [0.15, 0.2) is 6.10 Å². The lowest BCUT2D eigenvalue weighted by Gasteiger charge is -2.20. The zero-order valence-corrected chi connectivity index (χ0v) is 34.6. The molecule has 0 aromatic heterocycles. The molecule has 0 heterocycles. The fraction of sp³-hybridized carbons (Fsp3) is 0.762. The summed E-state index contributed by atoms with van der Waals surface area (Å²) in [6.07, 6.45) is 32.6. The molecule has 11 nitrogen and oxygen atoms in total. The Morgan fingerprint density at radius 3 is 1.96 bits per heavy atom. The van der Waals surface area contributed by atoms with Crippen LogP contribution in [0.3, 0.4) is 0 Å². The zero-order valence-electron chi connectivity index (χ0n) is 33.7. The van der Waals surface area contributed by atoms with Crippen LogP contribution in [0, 0.1) is 5.92 Å². The van der Waals surface area contributed by atoms with E-state index < -0.39 is 57.9 Å². The standard InChI is InChI=1S/C42H75O11P/c1-4-5-6-7-19-24-29-38(44)30-25-20-15-12-13-17-22-27-32-42(47)53-40(36-52-54(48,49)51-34-39(45)33-43)35-50-41(46)31-26-21-16-11-9-8-10-14-18-23-28-37(2)3/h13,15,17,19-20,24-25,30,37-40,43-45H,4-12,14,16,18,21-23,26-29,31-36H2,1-3H3,(H,48,49)/b17-13-,20-15-,24-19-,30-25+/t38-,39-,40+/m0/s1. The maximum atomic E-state index is 12.6. The largest absolute Gasteiger partial charge is 0.472 e. The van der Waals surface area contributed by atoms with Gasteiger partial charge in [0.05, 0.1) is 25.9 Å². The highest BCUT2D eigenvalue weighted by atomic mass is 31.2. The number of phosphoric acid groups is 1. The number of carbonyl (C=O) groups excluding carboxylic acids is 2. The van der Waals surface area contributed by atoms with E-state index in [4.69, 9.17) is 19.1 Å². The molecule has 0 saturated heterocycles. The Morgan fingerprint density at radius 1 is 0.685 bits per heavy atom. The first kappa shape index (κ1) is 51.9. The molecular formula is C42H75O11P. The van der Waals surface area contributed by atoms with Crippen LogP contribution in [0.4, 0.5) is 0 Å². The number of hydrogen-bond donors (Lipinski definition) is 4. The first-order valence-electron chi connectivity index (χ1n) is 20.6. The number of carbonyl (C=O) groups is 2. The van der Waals surface area contributed by atoms with Gasteiger partial charge in [-0.3, -0.25) is 18.6 Å². The highest BCUT2D eigenvalue weighted by Gasteiger charge is 2.27. The van der Waals surface area contributed by atoms with E-state index in [0.29, 0.717) is 32.1 Å². The summed E-state index contributed by atoms with van der Waals surface area (Å²) in [4.78, 5) is 34.9. The van der Waals surface area contributed by atoms with Crippen molar-refractivity contribution < 1.29 is 52.9 Å². The van der Waals surface area contributed by atoms with Gasteiger partial charge in [-0.15, -0.1) is 0 Å². The van der Waals surface area contributed by atoms with Crippen LogP contribution >= 0.6 is 7.82 Å². The van der Waals surface area contributed by atoms with Crippen LogP contribution in [0.5, 0.6) is 0 Å². The molecule has 0 fully saturated rings. The first-order valence-corrected chi connectivity index (χ1v) is 22.1. The fourth-order valence-corrected chi connectivity index (χ4v) is 6.04. The summed E-state index contributed by atoms with van der Waals surface area (Å²) >= 11 is 0. The van der Waals surface area contributed by atoms with Crippen LogP contribution in [-0.2, 0) is 32.7 Å². The number of aliphatic hydroxyl groups excluding tert-OH is 3. The summed E-state index contributed by atoms with van der Waals surface area (Å²) in [5.74, 6) is -0.250. The molecule has 4 N–H and O–H groups in total. The normalized spacial score (nSPS) is 15.1.